The average molecular weight is 282 g/mol. The third kappa shape index (κ3) is 2.19. The standard InChI is InChI=1S/C9H10BrClO3/c1-2-3-5(12)7-8(10)6(4-11)14-9(7)13/h4-5,12H,2-3H2,1H3/b6-4+/t5-/m1/s1. The minimum atomic E-state index is -0.795. The first-order chi connectivity index (χ1) is 6.61. The normalized spacial score (nSPS) is 21.7. The van der Waals surface area contributed by atoms with E-state index in [0.29, 0.717) is 10.9 Å². The van der Waals surface area contributed by atoms with Crippen molar-refractivity contribution in [1.29, 1.82) is 0 Å². The summed E-state index contributed by atoms with van der Waals surface area (Å²) in [7, 11) is 0. The Kier molecular flexibility index (Phi) is 4.16. The highest BCUT2D eigenvalue weighted by molar-refractivity contribution is 9.12. The van der Waals surface area contributed by atoms with Gasteiger partial charge >= 0.3 is 5.97 Å². The number of carbonyl (C=O) groups excluding carboxylic acids is 1. The van der Waals surface area contributed by atoms with Gasteiger partial charge in [-0.25, -0.2) is 4.79 Å². The first-order valence-corrected chi connectivity index (χ1v) is 5.45. The predicted octanol–water partition coefficient (Wildman–Crippen LogP) is 2.43. The zero-order chi connectivity index (χ0) is 10.7. The fourth-order valence-electron chi connectivity index (χ4n) is 1.19. The van der Waals surface area contributed by atoms with Crippen molar-refractivity contribution in [2.45, 2.75) is 25.9 Å². The Hall–Kier alpha value is -0.320. The van der Waals surface area contributed by atoms with Gasteiger partial charge in [0.25, 0.3) is 0 Å². The zero-order valence-corrected chi connectivity index (χ0v) is 9.93. The van der Waals surface area contributed by atoms with E-state index in [-0.39, 0.29) is 11.3 Å². The van der Waals surface area contributed by atoms with Crippen LogP contribution in [-0.4, -0.2) is 17.2 Å². The van der Waals surface area contributed by atoms with Gasteiger partial charge in [0.1, 0.15) is 0 Å². The molecule has 3 nitrogen and oxygen atoms in total. The predicted molar refractivity (Wildman–Crippen MR) is 56.9 cm³/mol. The van der Waals surface area contributed by atoms with Crippen LogP contribution in [0.2, 0.25) is 0 Å². The maximum Gasteiger partial charge on any atom is 0.343 e. The summed E-state index contributed by atoms with van der Waals surface area (Å²) in [6, 6.07) is 0. The lowest BCUT2D eigenvalue weighted by Crippen LogP contribution is -2.15. The van der Waals surface area contributed by atoms with Gasteiger partial charge in [0, 0.05) is 5.54 Å². The third-order valence-electron chi connectivity index (χ3n) is 1.87. The monoisotopic (exact) mass is 280 g/mol. The van der Waals surface area contributed by atoms with E-state index >= 15 is 0 Å². The second kappa shape index (κ2) is 4.96. The second-order valence-corrected chi connectivity index (χ2v) is 3.91. The number of allylic oxidation sites excluding steroid dienone is 1. The van der Waals surface area contributed by atoms with Crippen LogP contribution in [0.15, 0.2) is 21.3 Å². The maximum atomic E-state index is 11.3. The molecule has 1 aliphatic heterocycles. The lowest BCUT2D eigenvalue weighted by Gasteiger charge is -2.07. The molecule has 0 aromatic rings. The Morgan fingerprint density at radius 2 is 2.36 bits per heavy atom. The van der Waals surface area contributed by atoms with Gasteiger partial charge in [-0.1, -0.05) is 24.9 Å². The van der Waals surface area contributed by atoms with Crippen LogP contribution >= 0.6 is 27.5 Å². The van der Waals surface area contributed by atoms with E-state index in [2.05, 4.69) is 15.9 Å². The number of hydrogen-bond acceptors (Lipinski definition) is 3. The molecule has 5 heteroatoms. The lowest BCUT2D eigenvalue weighted by molar-refractivity contribution is -0.134. The Morgan fingerprint density at radius 1 is 1.71 bits per heavy atom. The molecule has 0 unspecified atom stereocenters. The highest BCUT2D eigenvalue weighted by Crippen LogP contribution is 2.34. The van der Waals surface area contributed by atoms with Crippen molar-refractivity contribution in [2.75, 3.05) is 0 Å². The van der Waals surface area contributed by atoms with Gasteiger partial charge in [-0.15, -0.1) is 0 Å². The van der Waals surface area contributed by atoms with Gasteiger partial charge in [-0.05, 0) is 22.4 Å². The van der Waals surface area contributed by atoms with E-state index in [1.54, 1.807) is 0 Å². The minimum Gasteiger partial charge on any atom is -0.421 e. The number of aliphatic hydroxyl groups is 1. The molecular formula is C9H10BrClO3. The first-order valence-electron chi connectivity index (χ1n) is 4.22. The van der Waals surface area contributed by atoms with Crippen molar-refractivity contribution in [3.63, 3.8) is 0 Å². The molecule has 0 spiro atoms. The van der Waals surface area contributed by atoms with Gasteiger partial charge in [0.2, 0.25) is 0 Å². The Balaban J connectivity index is 2.95. The summed E-state index contributed by atoms with van der Waals surface area (Å²) in [5.74, 6) is -0.286. The molecule has 0 saturated carbocycles. The number of carbonyl (C=O) groups is 1. The highest BCUT2D eigenvalue weighted by Gasteiger charge is 2.32. The minimum absolute atomic E-state index is 0.249. The van der Waals surface area contributed by atoms with E-state index < -0.39 is 12.1 Å². The first kappa shape index (κ1) is 11.8. The lowest BCUT2D eigenvalue weighted by atomic mass is 10.1. The van der Waals surface area contributed by atoms with Gasteiger partial charge < -0.3 is 9.84 Å². The number of aliphatic hydroxyl groups excluding tert-OH is 1. The summed E-state index contributed by atoms with van der Waals surface area (Å²) in [5, 5.41) is 9.64. The van der Waals surface area contributed by atoms with Crippen molar-refractivity contribution in [2.24, 2.45) is 0 Å². The average Bonchev–Trinajstić information content (AvgIpc) is 2.41. The molecule has 0 bridgehead atoms. The Morgan fingerprint density at radius 3 is 2.79 bits per heavy atom. The summed E-state index contributed by atoms with van der Waals surface area (Å²) in [6.45, 7) is 1.93. The molecule has 1 rings (SSSR count). The molecule has 0 aromatic heterocycles. The van der Waals surface area contributed by atoms with Crippen LogP contribution in [0.1, 0.15) is 19.8 Å². The van der Waals surface area contributed by atoms with E-state index in [1.165, 1.54) is 0 Å². The summed E-state index contributed by atoms with van der Waals surface area (Å²) < 4.78 is 5.26. The molecule has 0 aliphatic carbocycles. The Bertz CT molecular complexity index is 309. The largest absolute Gasteiger partial charge is 0.421 e. The van der Waals surface area contributed by atoms with E-state index in [4.69, 9.17) is 16.3 Å². The van der Waals surface area contributed by atoms with Crippen molar-refractivity contribution in [3.8, 4) is 0 Å². The van der Waals surface area contributed by atoms with E-state index in [0.717, 1.165) is 12.0 Å². The van der Waals surface area contributed by atoms with Crippen molar-refractivity contribution in [1.82, 2.24) is 0 Å². The van der Waals surface area contributed by atoms with E-state index in [1.807, 2.05) is 6.92 Å². The summed E-state index contributed by atoms with van der Waals surface area (Å²) in [4.78, 5) is 11.3. The molecule has 1 heterocycles. The third-order valence-corrected chi connectivity index (χ3v) is 2.89. The van der Waals surface area contributed by atoms with Crippen LogP contribution in [0.3, 0.4) is 0 Å². The number of cyclic esters (lactones) is 1. The molecule has 0 aromatic carbocycles. The molecule has 0 saturated heterocycles. The zero-order valence-electron chi connectivity index (χ0n) is 7.59. The molecule has 1 aliphatic rings. The molecular weight excluding hydrogens is 271 g/mol. The van der Waals surface area contributed by atoms with Crippen LogP contribution in [0, 0.1) is 0 Å². The van der Waals surface area contributed by atoms with Crippen LogP contribution in [0.4, 0.5) is 0 Å². The summed E-state index contributed by atoms with van der Waals surface area (Å²) in [6.07, 6.45) is 0.517. The van der Waals surface area contributed by atoms with Crippen molar-refractivity contribution < 1.29 is 14.6 Å². The maximum absolute atomic E-state index is 11.3. The second-order valence-electron chi connectivity index (χ2n) is 2.90. The van der Waals surface area contributed by atoms with Crippen molar-refractivity contribution in [3.05, 3.63) is 21.3 Å². The van der Waals surface area contributed by atoms with E-state index in [9.17, 15) is 9.90 Å². The molecule has 1 atom stereocenters. The topological polar surface area (TPSA) is 46.5 Å². The number of halogens is 2. The number of esters is 1. The van der Waals surface area contributed by atoms with Gasteiger partial charge in [0.05, 0.1) is 16.2 Å². The molecule has 0 radical (unpaired) electrons. The SMILES string of the molecule is CCC[C@@H](O)C1=C(Br)/C(=C\Cl)OC1=O. The van der Waals surface area contributed by atoms with Crippen molar-refractivity contribution >= 4 is 33.5 Å². The smallest absolute Gasteiger partial charge is 0.343 e. The number of hydrogen-bond donors (Lipinski definition) is 1. The molecule has 78 valence electrons. The van der Waals surface area contributed by atoms with Crippen LogP contribution in [0.25, 0.3) is 0 Å². The van der Waals surface area contributed by atoms with Crippen LogP contribution in [0.5, 0.6) is 0 Å². The fraction of sp³-hybridized carbons (Fsp3) is 0.444. The fourth-order valence-corrected chi connectivity index (χ4v) is 2.10. The van der Waals surface area contributed by atoms with Gasteiger partial charge in [0.15, 0.2) is 5.76 Å². The van der Waals surface area contributed by atoms with Gasteiger partial charge in [-0.2, -0.15) is 0 Å². The summed E-state index contributed by atoms with van der Waals surface area (Å²) >= 11 is 8.59. The van der Waals surface area contributed by atoms with Crippen LogP contribution in [-0.2, 0) is 9.53 Å². The molecule has 14 heavy (non-hydrogen) atoms. The quantitative estimate of drug-likeness (QED) is 0.808. The molecule has 0 fully saturated rings. The number of ether oxygens (including phenoxy) is 1. The Labute approximate surface area is 95.5 Å². The summed E-state index contributed by atoms with van der Waals surface area (Å²) in [5.41, 5.74) is 1.41. The number of rotatable bonds is 3. The highest BCUT2D eigenvalue weighted by atomic mass is 79.9. The molecule has 0 amide bonds. The molecule has 1 N–H and O–H groups in total. The van der Waals surface area contributed by atoms with Gasteiger partial charge in [-0.3, -0.25) is 0 Å². The van der Waals surface area contributed by atoms with Crippen LogP contribution < -0.4 is 0 Å².